The van der Waals surface area contributed by atoms with Crippen LogP contribution in [0, 0.1) is 0 Å². The number of aliphatic imine (C=N–C) groups is 1. The summed E-state index contributed by atoms with van der Waals surface area (Å²) in [5.74, 6) is 0.548. The molecule has 1 fully saturated rings. The van der Waals surface area contributed by atoms with Gasteiger partial charge in [-0.05, 0) is 45.7 Å². The molecular formula is C12H26N4. The maximum atomic E-state index is 5.55. The first kappa shape index (κ1) is 13.3. The molecule has 0 radical (unpaired) electrons. The van der Waals surface area contributed by atoms with E-state index in [1.54, 1.807) is 7.05 Å². The Morgan fingerprint density at radius 2 is 2.25 bits per heavy atom. The van der Waals surface area contributed by atoms with Crippen LogP contribution in [0.15, 0.2) is 4.99 Å². The first-order valence-corrected chi connectivity index (χ1v) is 6.44. The fourth-order valence-corrected chi connectivity index (χ4v) is 2.23. The zero-order chi connectivity index (χ0) is 11.8. The van der Waals surface area contributed by atoms with Crippen LogP contribution in [0.1, 0.15) is 39.0 Å². The molecule has 1 aliphatic heterocycles. The quantitative estimate of drug-likeness (QED) is 0.420. The zero-order valence-electron chi connectivity index (χ0n) is 10.7. The molecule has 0 aromatic heterocycles. The van der Waals surface area contributed by atoms with Gasteiger partial charge in [0.1, 0.15) is 0 Å². The van der Waals surface area contributed by atoms with E-state index < -0.39 is 0 Å². The maximum Gasteiger partial charge on any atom is 0.188 e. The number of nitrogens with two attached hydrogens (primary N) is 1. The van der Waals surface area contributed by atoms with Gasteiger partial charge in [-0.2, -0.15) is 0 Å². The number of piperidine rings is 1. The summed E-state index contributed by atoms with van der Waals surface area (Å²) in [6.07, 6.45) is 6.56. The van der Waals surface area contributed by atoms with Crippen molar-refractivity contribution < 1.29 is 0 Å². The van der Waals surface area contributed by atoms with Crippen LogP contribution < -0.4 is 11.1 Å². The average Bonchev–Trinajstić information content (AvgIpc) is 2.30. The fraction of sp³-hybridized carbons (Fsp3) is 0.917. The van der Waals surface area contributed by atoms with Crippen molar-refractivity contribution in [3.8, 4) is 0 Å². The summed E-state index contributed by atoms with van der Waals surface area (Å²) in [7, 11) is 1.71. The summed E-state index contributed by atoms with van der Waals surface area (Å²) >= 11 is 0. The largest absolute Gasteiger partial charge is 0.370 e. The normalized spacial score (nSPS) is 23.4. The van der Waals surface area contributed by atoms with E-state index >= 15 is 0 Å². The van der Waals surface area contributed by atoms with E-state index in [4.69, 9.17) is 5.73 Å². The molecule has 0 bridgehead atoms. The summed E-state index contributed by atoms with van der Waals surface area (Å²) in [5, 5.41) is 3.09. The number of nitrogens with one attached hydrogen (secondary N) is 1. The number of rotatable bonds is 5. The third-order valence-corrected chi connectivity index (χ3v) is 3.36. The first-order chi connectivity index (χ1) is 7.74. The average molecular weight is 226 g/mol. The summed E-state index contributed by atoms with van der Waals surface area (Å²) < 4.78 is 0. The van der Waals surface area contributed by atoms with Gasteiger partial charge in [-0.1, -0.05) is 6.42 Å². The van der Waals surface area contributed by atoms with Crippen LogP contribution in [-0.2, 0) is 0 Å². The van der Waals surface area contributed by atoms with Gasteiger partial charge in [0, 0.05) is 19.6 Å². The lowest BCUT2D eigenvalue weighted by Gasteiger charge is -2.33. The first-order valence-electron chi connectivity index (χ1n) is 6.44. The van der Waals surface area contributed by atoms with Gasteiger partial charge in [0.15, 0.2) is 5.96 Å². The topological polar surface area (TPSA) is 53.6 Å². The van der Waals surface area contributed by atoms with Crippen LogP contribution in [0.2, 0.25) is 0 Å². The molecule has 0 spiro atoms. The molecule has 1 aliphatic rings. The number of likely N-dealkylation sites (tertiary alicyclic amines) is 1. The van der Waals surface area contributed by atoms with Crippen LogP contribution in [-0.4, -0.2) is 43.6 Å². The van der Waals surface area contributed by atoms with Crippen molar-refractivity contribution in [2.24, 2.45) is 10.7 Å². The van der Waals surface area contributed by atoms with Crippen LogP contribution in [0.4, 0.5) is 0 Å². The molecule has 16 heavy (non-hydrogen) atoms. The molecule has 0 aromatic rings. The number of hydrogen-bond donors (Lipinski definition) is 2. The zero-order valence-corrected chi connectivity index (χ0v) is 10.7. The Hall–Kier alpha value is -0.770. The van der Waals surface area contributed by atoms with E-state index in [0.717, 1.165) is 12.6 Å². The van der Waals surface area contributed by atoms with Crippen molar-refractivity contribution in [3.63, 3.8) is 0 Å². The van der Waals surface area contributed by atoms with Gasteiger partial charge >= 0.3 is 0 Å². The fourth-order valence-electron chi connectivity index (χ4n) is 2.23. The lowest BCUT2D eigenvalue weighted by atomic mass is 10.0. The van der Waals surface area contributed by atoms with Gasteiger partial charge in [0.05, 0.1) is 0 Å². The van der Waals surface area contributed by atoms with E-state index in [0.29, 0.717) is 5.96 Å². The second-order valence-corrected chi connectivity index (χ2v) is 4.62. The Morgan fingerprint density at radius 3 is 2.94 bits per heavy atom. The minimum atomic E-state index is 0.548. The van der Waals surface area contributed by atoms with Gasteiger partial charge in [-0.25, -0.2) is 0 Å². The Balaban J connectivity index is 2.02. The third kappa shape index (κ3) is 4.84. The molecule has 3 N–H and O–H groups in total. The third-order valence-electron chi connectivity index (χ3n) is 3.36. The van der Waals surface area contributed by atoms with Crippen LogP contribution in [0.5, 0.6) is 0 Å². The summed E-state index contributed by atoms with van der Waals surface area (Å²) in [6.45, 7) is 5.80. The molecule has 0 aromatic carbocycles. The van der Waals surface area contributed by atoms with Crippen molar-refractivity contribution in [3.05, 3.63) is 0 Å². The minimum absolute atomic E-state index is 0.548. The highest BCUT2D eigenvalue weighted by Gasteiger charge is 2.16. The minimum Gasteiger partial charge on any atom is -0.370 e. The standard InChI is InChI=1S/C12H26N4/c1-11-7-3-5-9-16(11)10-6-4-8-15-12(13)14-2/h11H,3-10H2,1-2H3,(H3,13,14,15)/t11-/m1/s1. The highest BCUT2D eigenvalue weighted by Crippen LogP contribution is 2.16. The predicted molar refractivity (Wildman–Crippen MR) is 69.7 cm³/mol. The van der Waals surface area contributed by atoms with E-state index in [1.807, 2.05) is 0 Å². The lowest BCUT2D eigenvalue weighted by Crippen LogP contribution is -2.38. The van der Waals surface area contributed by atoms with Crippen molar-refractivity contribution in [2.75, 3.05) is 26.7 Å². The number of unbranched alkanes of at least 4 members (excludes halogenated alkanes) is 1. The number of guanidine groups is 1. The second kappa shape index (κ2) is 7.49. The van der Waals surface area contributed by atoms with Gasteiger partial charge in [-0.3, -0.25) is 4.99 Å². The summed E-state index contributed by atoms with van der Waals surface area (Å²) in [4.78, 5) is 6.47. The maximum absolute atomic E-state index is 5.55. The lowest BCUT2D eigenvalue weighted by molar-refractivity contribution is 0.158. The van der Waals surface area contributed by atoms with Gasteiger partial charge in [0.2, 0.25) is 0 Å². The highest BCUT2D eigenvalue weighted by atomic mass is 15.2. The van der Waals surface area contributed by atoms with Crippen LogP contribution in [0.25, 0.3) is 0 Å². The van der Waals surface area contributed by atoms with Gasteiger partial charge in [-0.15, -0.1) is 0 Å². The van der Waals surface area contributed by atoms with E-state index in [9.17, 15) is 0 Å². The Labute approximate surface area is 99.3 Å². The predicted octanol–water partition coefficient (Wildman–Crippen LogP) is 1.18. The van der Waals surface area contributed by atoms with Crippen molar-refractivity contribution in [1.82, 2.24) is 10.2 Å². The van der Waals surface area contributed by atoms with E-state index in [-0.39, 0.29) is 0 Å². The van der Waals surface area contributed by atoms with E-state index in [2.05, 4.69) is 22.1 Å². The molecule has 0 aliphatic carbocycles. The van der Waals surface area contributed by atoms with Crippen molar-refractivity contribution in [2.45, 2.75) is 45.1 Å². The molecule has 0 unspecified atom stereocenters. The molecule has 0 amide bonds. The summed E-state index contributed by atoms with van der Waals surface area (Å²) in [6, 6.07) is 0.781. The molecule has 4 nitrogen and oxygen atoms in total. The molecule has 1 rings (SSSR count). The molecule has 0 saturated carbocycles. The van der Waals surface area contributed by atoms with Gasteiger partial charge < -0.3 is 16.0 Å². The Morgan fingerprint density at radius 1 is 1.44 bits per heavy atom. The van der Waals surface area contributed by atoms with E-state index in [1.165, 1.54) is 45.2 Å². The summed E-state index contributed by atoms with van der Waals surface area (Å²) in [5.41, 5.74) is 5.55. The monoisotopic (exact) mass is 226 g/mol. The van der Waals surface area contributed by atoms with Crippen LogP contribution in [0.3, 0.4) is 0 Å². The van der Waals surface area contributed by atoms with Crippen molar-refractivity contribution >= 4 is 5.96 Å². The molecule has 4 heteroatoms. The molecule has 1 heterocycles. The van der Waals surface area contributed by atoms with Crippen LogP contribution >= 0.6 is 0 Å². The Kier molecular flexibility index (Phi) is 6.23. The van der Waals surface area contributed by atoms with Crippen molar-refractivity contribution in [1.29, 1.82) is 0 Å². The molecule has 1 saturated heterocycles. The highest BCUT2D eigenvalue weighted by molar-refractivity contribution is 5.77. The molecule has 1 atom stereocenters. The smallest absolute Gasteiger partial charge is 0.188 e. The SMILES string of the molecule is CN=C(N)NCCCCN1CCCC[C@H]1C. The second-order valence-electron chi connectivity index (χ2n) is 4.62. The Bertz CT molecular complexity index is 215. The van der Waals surface area contributed by atoms with Gasteiger partial charge in [0.25, 0.3) is 0 Å². The number of nitrogens with zero attached hydrogens (tertiary/aromatic N) is 2. The molecular weight excluding hydrogens is 200 g/mol. The molecule has 94 valence electrons. The number of hydrogen-bond acceptors (Lipinski definition) is 2.